The van der Waals surface area contributed by atoms with Crippen molar-refractivity contribution in [3.8, 4) is 0 Å². The molecule has 1 aliphatic rings. The average molecular weight is 243 g/mol. The highest BCUT2D eigenvalue weighted by atomic mass is 16.5. The third-order valence-electron chi connectivity index (χ3n) is 3.92. The molecule has 1 rings (SSSR count). The van der Waals surface area contributed by atoms with E-state index in [2.05, 4.69) is 33.0 Å². The summed E-state index contributed by atoms with van der Waals surface area (Å²) < 4.78 is 10.9. The molecule has 0 aliphatic carbocycles. The minimum absolute atomic E-state index is 0.179. The van der Waals surface area contributed by atoms with Crippen LogP contribution in [-0.4, -0.2) is 39.0 Å². The normalized spacial score (nSPS) is 22.4. The molecule has 1 unspecified atom stereocenters. The van der Waals surface area contributed by atoms with Gasteiger partial charge in [0.25, 0.3) is 0 Å². The van der Waals surface area contributed by atoms with Crippen LogP contribution in [0.4, 0.5) is 0 Å². The Hall–Kier alpha value is -0.120. The van der Waals surface area contributed by atoms with Gasteiger partial charge < -0.3 is 14.8 Å². The number of hydrogen-bond acceptors (Lipinski definition) is 3. The molecule has 1 N–H and O–H groups in total. The van der Waals surface area contributed by atoms with Gasteiger partial charge in [-0.05, 0) is 44.9 Å². The van der Waals surface area contributed by atoms with Gasteiger partial charge in [-0.15, -0.1) is 0 Å². The summed E-state index contributed by atoms with van der Waals surface area (Å²) in [6.07, 6.45) is 2.28. The zero-order valence-electron chi connectivity index (χ0n) is 12.1. The fourth-order valence-corrected chi connectivity index (χ4v) is 2.49. The van der Waals surface area contributed by atoms with E-state index in [0.717, 1.165) is 39.2 Å². The monoisotopic (exact) mass is 243 g/mol. The van der Waals surface area contributed by atoms with Crippen molar-refractivity contribution in [2.45, 2.75) is 46.1 Å². The highest BCUT2D eigenvalue weighted by Gasteiger charge is 2.38. The number of rotatable bonds is 5. The smallest absolute Gasteiger partial charge is 0.0493 e. The lowest BCUT2D eigenvalue weighted by Gasteiger charge is -2.43. The van der Waals surface area contributed by atoms with E-state index in [1.807, 2.05) is 0 Å². The second-order valence-corrected chi connectivity index (χ2v) is 6.43. The number of methoxy groups -OCH3 is 1. The molecule has 0 aromatic carbocycles. The van der Waals surface area contributed by atoms with E-state index in [9.17, 15) is 0 Å². The lowest BCUT2D eigenvalue weighted by molar-refractivity contribution is -0.0358. The van der Waals surface area contributed by atoms with Gasteiger partial charge in [0.1, 0.15) is 0 Å². The summed E-state index contributed by atoms with van der Waals surface area (Å²) in [5, 5.41) is 3.66. The van der Waals surface area contributed by atoms with Crippen LogP contribution in [0.5, 0.6) is 0 Å². The third-order valence-corrected chi connectivity index (χ3v) is 3.92. The fourth-order valence-electron chi connectivity index (χ4n) is 2.49. The summed E-state index contributed by atoms with van der Waals surface area (Å²) in [6.45, 7) is 12.7. The van der Waals surface area contributed by atoms with Crippen LogP contribution in [0.3, 0.4) is 0 Å². The Bertz CT molecular complexity index is 217. The van der Waals surface area contributed by atoms with Crippen LogP contribution in [0.1, 0.15) is 40.5 Å². The predicted molar refractivity (Wildman–Crippen MR) is 71.3 cm³/mol. The summed E-state index contributed by atoms with van der Waals surface area (Å²) in [7, 11) is 1.79. The molecule has 1 heterocycles. The summed E-state index contributed by atoms with van der Waals surface area (Å²) in [4.78, 5) is 0. The van der Waals surface area contributed by atoms with Crippen molar-refractivity contribution in [3.63, 3.8) is 0 Å². The first kappa shape index (κ1) is 14.9. The van der Waals surface area contributed by atoms with Crippen LogP contribution in [0, 0.1) is 11.3 Å². The van der Waals surface area contributed by atoms with Gasteiger partial charge in [-0.2, -0.15) is 0 Å². The third kappa shape index (κ3) is 4.57. The minimum atomic E-state index is 0.179. The molecule has 0 amide bonds. The van der Waals surface area contributed by atoms with E-state index < -0.39 is 0 Å². The molecule has 102 valence electrons. The topological polar surface area (TPSA) is 30.5 Å². The lowest BCUT2D eigenvalue weighted by atomic mass is 9.70. The Labute approximate surface area is 106 Å². The molecule has 0 aromatic heterocycles. The molecule has 0 aromatic rings. The second-order valence-electron chi connectivity index (χ2n) is 6.43. The van der Waals surface area contributed by atoms with E-state index in [4.69, 9.17) is 9.47 Å². The molecule has 3 nitrogen and oxygen atoms in total. The molecule has 0 saturated carbocycles. The van der Waals surface area contributed by atoms with Crippen molar-refractivity contribution in [3.05, 3.63) is 0 Å². The molecule has 0 radical (unpaired) electrons. The Kier molecular flexibility index (Phi) is 5.42. The van der Waals surface area contributed by atoms with Gasteiger partial charge in [0, 0.05) is 39.0 Å². The maximum absolute atomic E-state index is 5.52. The fraction of sp³-hybridized carbons (Fsp3) is 1.00. The second kappa shape index (κ2) is 6.17. The number of ether oxygens (including phenoxy) is 2. The van der Waals surface area contributed by atoms with E-state index in [1.54, 1.807) is 7.11 Å². The summed E-state index contributed by atoms with van der Waals surface area (Å²) in [5.41, 5.74) is 0.514. The zero-order chi connectivity index (χ0) is 12.9. The van der Waals surface area contributed by atoms with Gasteiger partial charge in [0.15, 0.2) is 0 Å². The van der Waals surface area contributed by atoms with Crippen molar-refractivity contribution in [1.29, 1.82) is 0 Å². The summed E-state index contributed by atoms with van der Waals surface area (Å²) in [6, 6.07) is 0. The van der Waals surface area contributed by atoms with Gasteiger partial charge >= 0.3 is 0 Å². The average Bonchev–Trinajstić information content (AvgIpc) is 2.27. The molecule has 3 heteroatoms. The largest absolute Gasteiger partial charge is 0.384 e. The summed E-state index contributed by atoms with van der Waals surface area (Å²) in [5.74, 6) is 0.575. The van der Waals surface area contributed by atoms with E-state index >= 15 is 0 Å². The summed E-state index contributed by atoms with van der Waals surface area (Å²) >= 11 is 0. The highest BCUT2D eigenvalue weighted by molar-refractivity contribution is 4.90. The van der Waals surface area contributed by atoms with Crippen LogP contribution in [-0.2, 0) is 9.47 Å². The van der Waals surface area contributed by atoms with Crippen molar-refractivity contribution in [2.75, 3.05) is 33.5 Å². The molecule has 1 fully saturated rings. The minimum Gasteiger partial charge on any atom is -0.384 e. The first-order valence-electron chi connectivity index (χ1n) is 6.71. The SMILES string of the molecule is COCC(C)C1(CNC(C)(C)C)CCOCC1. The van der Waals surface area contributed by atoms with Crippen molar-refractivity contribution < 1.29 is 9.47 Å². The molecule has 1 saturated heterocycles. The lowest BCUT2D eigenvalue weighted by Crippen LogP contribution is -2.49. The highest BCUT2D eigenvalue weighted by Crippen LogP contribution is 2.38. The van der Waals surface area contributed by atoms with Gasteiger partial charge in [0.2, 0.25) is 0 Å². The van der Waals surface area contributed by atoms with Crippen LogP contribution >= 0.6 is 0 Å². The van der Waals surface area contributed by atoms with Gasteiger partial charge in [-0.3, -0.25) is 0 Å². The molecule has 0 spiro atoms. The predicted octanol–water partition coefficient (Wildman–Crippen LogP) is 2.45. The Balaban J connectivity index is 2.64. The van der Waals surface area contributed by atoms with Crippen LogP contribution in [0.2, 0.25) is 0 Å². The standard InChI is InChI=1S/C14H29NO2/c1-12(10-16-5)14(6-8-17-9-7-14)11-15-13(2,3)4/h12,15H,6-11H2,1-5H3. The first-order chi connectivity index (χ1) is 7.90. The molecular weight excluding hydrogens is 214 g/mol. The van der Waals surface area contributed by atoms with E-state index in [1.165, 1.54) is 0 Å². The Morgan fingerprint density at radius 3 is 2.35 bits per heavy atom. The Morgan fingerprint density at radius 2 is 1.88 bits per heavy atom. The Morgan fingerprint density at radius 1 is 1.29 bits per heavy atom. The van der Waals surface area contributed by atoms with Crippen molar-refractivity contribution >= 4 is 0 Å². The molecule has 1 atom stereocenters. The van der Waals surface area contributed by atoms with Crippen LogP contribution in [0.25, 0.3) is 0 Å². The first-order valence-corrected chi connectivity index (χ1v) is 6.71. The maximum Gasteiger partial charge on any atom is 0.0493 e. The molecule has 0 bridgehead atoms. The molecule has 17 heavy (non-hydrogen) atoms. The van der Waals surface area contributed by atoms with Gasteiger partial charge in [-0.25, -0.2) is 0 Å². The van der Waals surface area contributed by atoms with Crippen LogP contribution < -0.4 is 5.32 Å². The number of nitrogens with one attached hydrogen (secondary N) is 1. The van der Waals surface area contributed by atoms with E-state index in [0.29, 0.717) is 11.3 Å². The van der Waals surface area contributed by atoms with Crippen molar-refractivity contribution in [2.24, 2.45) is 11.3 Å². The molecular formula is C14H29NO2. The van der Waals surface area contributed by atoms with Gasteiger partial charge in [-0.1, -0.05) is 6.92 Å². The van der Waals surface area contributed by atoms with Crippen molar-refractivity contribution in [1.82, 2.24) is 5.32 Å². The quantitative estimate of drug-likeness (QED) is 0.804. The van der Waals surface area contributed by atoms with Gasteiger partial charge in [0.05, 0.1) is 0 Å². The zero-order valence-corrected chi connectivity index (χ0v) is 12.1. The van der Waals surface area contributed by atoms with Crippen LogP contribution in [0.15, 0.2) is 0 Å². The number of hydrogen-bond donors (Lipinski definition) is 1. The van der Waals surface area contributed by atoms with E-state index in [-0.39, 0.29) is 5.54 Å². The molecule has 1 aliphatic heterocycles. The maximum atomic E-state index is 5.52.